The second-order valence-corrected chi connectivity index (χ2v) is 4.56. The average molecular weight is 232 g/mol. The molecule has 5 heteroatoms. The molecule has 2 heterocycles. The van der Waals surface area contributed by atoms with Crippen molar-refractivity contribution in [2.75, 3.05) is 5.32 Å². The Kier molecular flexibility index (Phi) is 2.93. The van der Waals surface area contributed by atoms with E-state index >= 15 is 0 Å². The van der Waals surface area contributed by atoms with Gasteiger partial charge in [0.15, 0.2) is 0 Å². The van der Waals surface area contributed by atoms with Crippen LogP contribution in [0.15, 0.2) is 17.5 Å². The second-order valence-electron chi connectivity index (χ2n) is 3.56. The highest BCUT2D eigenvalue weighted by molar-refractivity contribution is 7.10. The molecule has 16 heavy (non-hydrogen) atoms. The summed E-state index contributed by atoms with van der Waals surface area (Å²) in [5.41, 5.74) is 1.84. The van der Waals surface area contributed by atoms with E-state index in [1.807, 2.05) is 36.2 Å². The van der Waals surface area contributed by atoms with E-state index in [-0.39, 0.29) is 0 Å². The molecule has 0 aliphatic rings. The molecule has 0 unspecified atom stereocenters. The molecule has 0 aliphatic carbocycles. The summed E-state index contributed by atoms with van der Waals surface area (Å²) in [6.45, 7) is 2.72. The molecule has 0 bridgehead atoms. The predicted octanol–water partition coefficient (Wildman–Crippen LogP) is 2.27. The number of nitriles is 1. The Bertz CT molecular complexity index is 513. The van der Waals surface area contributed by atoms with Gasteiger partial charge in [-0.25, -0.2) is 0 Å². The van der Waals surface area contributed by atoms with Gasteiger partial charge in [-0.3, -0.25) is 4.68 Å². The van der Waals surface area contributed by atoms with Crippen LogP contribution < -0.4 is 5.32 Å². The van der Waals surface area contributed by atoms with E-state index < -0.39 is 0 Å². The van der Waals surface area contributed by atoms with Gasteiger partial charge in [-0.2, -0.15) is 10.4 Å². The SMILES string of the molecule is Cc1cc(NCc2cc(C#N)cs2)nn1C. The highest BCUT2D eigenvalue weighted by Gasteiger charge is 2.02. The summed E-state index contributed by atoms with van der Waals surface area (Å²) in [5, 5.41) is 18.1. The van der Waals surface area contributed by atoms with Crippen molar-refractivity contribution in [1.82, 2.24) is 9.78 Å². The molecule has 0 saturated carbocycles. The quantitative estimate of drug-likeness (QED) is 0.883. The zero-order valence-corrected chi connectivity index (χ0v) is 10.0. The van der Waals surface area contributed by atoms with Crippen LogP contribution in [0.4, 0.5) is 5.82 Å². The van der Waals surface area contributed by atoms with E-state index in [9.17, 15) is 0 Å². The third kappa shape index (κ3) is 2.23. The van der Waals surface area contributed by atoms with Crippen LogP contribution in [-0.4, -0.2) is 9.78 Å². The van der Waals surface area contributed by atoms with Gasteiger partial charge in [-0.1, -0.05) is 0 Å². The Morgan fingerprint density at radius 3 is 2.94 bits per heavy atom. The Morgan fingerprint density at radius 2 is 2.38 bits per heavy atom. The van der Waals surface area contributed by atoms with Gasteiger partial charge in [0.1, 0.15) is 11.9 Å². The highest BCUT2D eigenvalue weighted by atomic mass is 32.1. The van der Waals surface area contributed by atoms with Crippen molar-refractivity contribution in [3.8, 4) is 6.07 Å². The monoisotopic (exact) mass is 232 g/mol. The number of nitrogens with one attached hydrogen (secondary N) is 1. The van der Waals surface area contributed by atoms with Crippen molar-refractivity contribution < 1.29 is 0 Å². The van der Waals surface area contributed by atoms with Gasteiger partial charge in [0.25, 0.3) is 0 Å². The maximum atomic E-state index is 8.70. The number of hydrogen-bond donors (Lipinski definition) is 1. The molecule has 2 aromatic heterocycles. The Labute approximate surface area is 98.1 Å². The van der Waals surface area contributed by atoms with Crippen LogP contribution in [-0.2, 0) is 13.6 Å². The first-order valence-electron chi connectivity index (χ1n) is 4.91. The molecule has 0 aromatic carbocycles. The van der Waals surface area contributed by atoms with Crippen LogP contribution in [0.3, 0.4) is 0 Å². The molecule has 0 spiro atoms. The van der Waals surface area contributed by atoms with Crippen LogP contribution in [0.25, 0.3) is 0 Å². The van der Waals surface area contributed by atoms with Crippen LogP contribution in [0, 0.1) is 18.3 Å². The molecular weight excluding hydrogens is 220 g/mol. The van der Waals surface area contributed by atoms with Crippen molar-refractivity contribution in [1.29, 1.82) is 5.26 Å². The van der Waals surface area contributed by atoms with Gasteiger partial charge in [0.2, 0.25) is 0 Å². The van der Waals surface area contributed by atoms with Crippen molar-refractivity contribution >= 4 is 17.2 Å². The smallest absolute Gasteiger partial charge is 0.148 e. The third-order valence-corrected chi connectivity index (χ3v) is 3.28. The fourth-order valence-corrected chi connectivity index (χ4v) is 2.11. The minimum Gasteiger partial charge on any atom is -0.364 e. The first-order valence-corrected chi connectivity index (χ1v) is 5.79. The van der Waals surface area contributed by atoms with E-state index in [1.165, 1.54) is 0 Å². The molecule has 4 nitrogen and oxygen atoms in total. The van der Waals surface area contributed by atoms with E-state index in [1.54, 1.807) is 11.3 Å². The molecule has 2 aromatic rings. The molecule has 0 saturated heterocycles. The lowest BCUT2D eigenvalue weighted by molar-refractivity contribution is 0.741. The van der Waals surface area contributed by atoms with Crippen molar-refractivity contribution in [2.45, 2.75) is 13.5 Å². The van der Waals surface area contributed by atoms with Gasteiger partial charge in [0, 0.05) is 29.1 Å². The fourth-order valence-electron chi connectivity index (χ4n) is 1.36. The lowest BCUT2D eigenvalue weighted by Gasteiger charge is -1.98. The Balaban J connectivity index is 1.99. The van der Waals surface area contributed by atoms with Gasteiger partial charge < -0.3 is 5.32 Å². The summed E-state index contributed by atoms with van der Waals surface area (Å²) in [6.07, 6.45) is 0. The molecular formula is C11H12N4S. The zero-order valence-electron chi connectivity index (χ0n) is 9.19. The number of hydrogen-bond acceptors (Lipinski definition) is 4. The number of rotatable bonds is 3. The van der Waals surface area contributed by atoms with E-state index in [0.717, 1.165) is 22.0 Å². The first kappa shape index (κ1) is 10.7. The summed E-state index contributed by atoms with van der Waals surface area (Å²) in [7, 11) is 1.92. The van der Waals surface area contributed by atoms with Gasteiger partial charge in [0.05, 0.1) is 12.1 Å². The van der Waals surface area contributed by atoms with E-state index in [0.29, 0.717) is 6.54 Å². The molecule has 82 valence electrons. The van der Waals surface area contributed by atoms with E-state index in [4.69, 9.17) is 5.26 Å². The number of nitrogens with zero attached hydrogens (tertiary/aromatic N) is 3. The largest absolute Gasteiger partial charge is 0.364 e. The van der Waals surface area contributed by atoms with Crippen LogP contribution in [0.5, 0.6) is 0 Å². The van der Waals surface area contributed by atoms with E-state index in [2.05, 4.69) is 16.5 Å². The van der Waals surface area contributed by atoms with Crippen LogP contribution in [0.1, 0.15) is 16.1 Å². The number of aryl methyl sites for hydroxylation is 2. The molecule has 0 fully saturated rings. The number of aromatic nitrogens is 2. The van der Waals surface area contributed by atoms with Crippen LogP contribution >= 0.6 is 11.3 Å². The lowest BCUT2D eigenvalue weighted by Crippen LogP contribution is -1.99. The molecule has 0 amide bonds. The minimum atomic E-state index is 0.711. The molecule has 0 aliphatic heterocycles. The third-order valence-electron chi connectivity index (χ3n) is 2.34. The van der Waals surface area contributed by atoms with Crippen molar-refractivity contribution in [3.05, 3.63) is 33.6 Å². The molecule has 0 radical (unpaired) electrons. The Hall–Kier alpha value is -1.80. The molecule has 2 rings (SSSR count). The maximum absolute atomic E-state index is 8.70. The van der Waals surface area contributed by atoms with Crippen molar-refractivity contribution in [2.24, 2.45) is 7.05 Å². The Morgan fingerprint density at radius 1 is 1.56 bits per heavy atom. The summed E-state index contributed by atoms with van der Waals surface area (Å²) in [5.74, 6) is 0.868. The fraction of sp³-hybridized carbons (Fsp3) is 0.273. The number of anilines is 1. The number of thiophene rings is 1. The molecule has 0 atom stereocenters. The van der Waals surface area contributed by atoms with Gasteiger partial charge >= 0.3 is 0 Å². The normalized spacial score (nSPS) is 10.1. The second kappa shape index (κ2) is 4.37. The summed E-state index contributed by atoms with van der Waals surface area (Å²) in [4.78, 5) is 1.14. The predicted molar refractivity (Wildman–Crippen MR) is 64.3 cm³/mol. The minimum absolute atomic E-state index is 0.711. The standard InChI is InChI=1S/C11H12N4S/c1-8-3-11(14-15(8)2)13-6-10-4-9(5-12)7-16-10/h3-4,7H,6H2,1-2H3,(H,13,14). The topological polar surface area (TPSA) is 53.6 Å². The zero-order chi connectivity index (χ0) is 11.5. The van der Waals surface area contributed by atoms with Crippen molar-refractivity contribution in [3.63, 3.8) is 0 Å². The molecule has 1 N–H and O–H groups in total. The maximum Gasteiger partial charge on any atom is 0.148 e. The highest BCUT2D eigenvalue weighted by Crippen LogP contribution is 2.16. The van der Waals surface area contributed by atoms with Gasteiger partial charge in [-0.15, -0.1) is 11.3 Å². The summed E-state index contributed by atoms with van der Waals surface area (Å²) < 4.78 is 1.83. The summed E-state index contributed by atoms with van der Waals surface area (Å²) in [6, 6.07) is 6.02. The van der Waals surface area contributed by atoms with Gasteiger partial charge in [-0.05, 0) is 13.0 Å². The first-order chi connectivity index (χ1) is 7.69. The summed E-state index contributed by atoms with van der Waals surface area (Å²) >= 11 is 1.58. The van der Waals surface area contributed by atoms with Crippen LogP contribution in [0.2, 0.25) is 0 Å². The average Bonchev–Trinajstić information content (AvgIpc) is 2.84. The lowest BCUT2D eigenvalue weighted by atomic mass is 10.3.